The summed E-state index contributed by atoms with van der Waals surface area (Å²) in [4.78, 5) is 0. The van der Waals surface area contributed by atoms with Crippen LogP contribution in [-0.2, 0) is 0 Å². The monoisotopic (exact) mass is 193 g/mol. The number of aliphatic hydroxyl groups excluding tert-OH is 1. The number of hydrogen-bond donors (Lipinski definition) is 1. The van der Waals surface area contributed by atoms with E-state index in [4.69, 9.17) is 5.11 Å². The van der Waals surface area contributed by atoms with E-state index in [1.54, 1.807) is 0 Å². The summed E-state index contributed by atoms with van der Waals surface area (Å²) in [5, 5.41) is 19.5. The van der Waals surface area contributed by atoms with Crippen molar-refractivity contribution in [2.75, 3.05) is 0 Å². The maximum atomic E-state index is 11.9. The average Bonchev–Trinajstić information content (AvgIpc) is 2.02. The Hall–Kier alpha value is -1.30. The summed E-state index contributed by atoms with van der Waals surface area (Å²) in [6.45, 7) is 0. The second-order valence-electron chi connectivity index (χ2n) is 2.40. The van der Waals surface area contributed by atoms with Crippen LogP contribution in [0.15, 0.2) is 24.4 Å². The topological polar surface area (TPSA) is 47.2 Å². The van der Waals surface area contributed by atoms with Crippen LogP contribution in [0, 0.1) is 5.21 Å². The molecule has 1 atom stereocenters. The molecular formula is C7H6F3NO2. The highest BCUT2D eigenvalue weighted by Gasteiger charge is 2.43. The van der Waals surface area contributed by atoms with E-state index < -0.39 is 18.0 Å². The molecule has 0 fully saturated rings. The molecule has 0 aliphatic heterocycles. The molecule has 0 aliphatic rings. The van der Waals surface area contributed by atoms with Gasteiger partial charge in [0.2, 0.25) is 11.8 Å². The fourth-order valence-corrected chi connectivity index (χ4v) is 0.821. The van der Waals surface area contributed by atoms with E-state index in [0.29, 0.717) is 0 Å². The summed E-state index contributed by atoms with van der Waals surface area (Å²) < 4.78 is 35.7. The molecule has 0 saturated carbocycles. The molecule has 1 unspecified atom stereocenters. The molecule has 0 aromatic carbocycles. The summed E-state index contributed by atoms with van der Waals surface area (Å²) in [6.07, 6.45) is -6.65. The Morgan fingerprint density at radius 2 is 2.00 bits per heavy atom. The van der Waals surface area contributed by atoms with Gasteiger partial charge >= 0.3 is 6.18 Å². The highest BCUT2D eigenvalue weighted by atomic mass is 19.4. The van der Waals surface area contributed by atoms with E-state index in [9.17, 15) is 18.4 Å². The van der Waals surface area contributed by atoms with Gasteiger partial charge in [0.25, 0.3) is 0 Å². The number of aliphatic hydroxyl groups is 1. The number of hydrogen-bond acceptors (Lipinski definition) is 2. The Balaban J connectivity index is 3.02. The SMILES string of the molecule is [O-][n+]1ccccc1C(O)C(F)(F)F. The zero-order valence-electron chi connectivity index (χ0n) is 6.32. The Kier molecular flexibility index (Phi) is 2.42. The van der Waals surface area contributed by atoms with E-state index in [1.807, 2.05) is 0 Å². The van der Waals surface area contributed by atoms with Gasteiger partial charge in [-0.1, -0.05) is 0 Å². The minimum absolute atomic E-state index is 0.0157. The van der Waals surface area contributed by atoms with Gasteiger partial charge in [-0.15, -0.1) is 0 Å². The second-order valence-corrected chi connectivity index (χ2v) is 2.40. The Morgan fingerprint density at radius 1 is 1.38 bits per heavy atom. The molecule has 1 aromatic rings. The first-order valence-corrected chi connectivity index (χ1v) is 3.36. The molecule has 6 heteroatoms. The summed E-state index contributed by atoms with van der Waals surface area (Å²) in [5.74, 6) is 0. The van der Waals surface area contributed by atoms with Crippen molar-refractivity contribution in [1.82, 2.24) is 0 Å². The lowest BCUT2D eigenvalue weighted by Crippen LogP contribution is -2.37. The van der Waals surface area contributed by atoms with Gasteiger partial charge in [-0.05, 0) is 6.07 Å². The highest BCUT2D eigenvalue weighted by Crippen LogP contribution is 2.30. The number of halogens is 3. The zero-order chi connectivity index (χ0) is 10.1. The molecule has 13 heavy (non-hydrogen) atoms. The van der Waals surface area contributed by atoms with E-state index in [1.165, 1.54) is 12.1 Å². The maximum Gasteiger partial charge on any atom is 0.424 e. The summed E-state index contributed by atoms with van der Waals surface area (Å²) in [6, 6.07) is 3.45. The van der Waals surface area contributed by atoms with Crippen molar-refractivity contribution >= 4 is 0 Å². The molecule has 0 amide bonds. The number of aromatic nitrogens is 1. The van der Waals surface area contributed by atoms with Crippen molar-refractivity contribution < 1.29 is 23.0 Å². The van der Waals surface area contributed by atoms with Gasteiger partial charge < -0.3 is 10.3 Å². The smallest absolute Gasteiger partial charge is 0.424 e. The van der Waals surface area contributed by atoms with Crippen molar-refractivity contribution in [3.8, 4) is 0 Å². The van der Waals surface area contributed by atoms with E-state index in [2.05, 4.69) is 0 Å². The van der Waals surface area contributed by atoms with Gasteiger partial charge in [0.05, 0.1) is 0 Å². The minimum Gasteiger partial charge on any atom is -0.618 e. The largest absolute Gasteiger partial charge is 0.618 e. The van der Waals surface area contributed by atoms with Crippen molar-refractivity contribution in [2.24, 2.45) is 0 Å². The lowest BCUT2D eigenvalue weighted by Gasteiger charge is -2.13. The van der Waals surface area contributed by atoms with E-state index in [0.717, 1.165) is 12.3 Å². The Labute approximate surface area is 71.6 Å². The first-order chi connectivity index (χ1) is 5.93. The van der Waals surface area contributed by atoms with Crippen LogP contribution in [0.25, 0.3) is 0 Å². The van der Waals surface area contributed by atoms with Crippen LogP contribution >= 0.6 is 0 Å². The first-order valence-electron chi connectivity index (χ1n) is 3.36. The third-order valence-electron chi connectivity index (χ3n) is 1.44. The molecule has 0 aliphatic carbocycles. The second kappa shape index (κ2) is 3.21. The molecule has 1 N–H and O–H groups in total. The predicted octanol–water partition coefficient (Wildman–Crippen LogP) is 0.916. The van der Waals surface area contributed by atoms with Crippen LogP contribution < -0.4 is 4.73 Å². The molecule has 1 rings (SSSR count). The van der Waals surface area contributed by atoms with Crippen LogP contribution in [0.5, 0.6) is 0 Å². The van der Waals surface area contributed by atoms with Crippen LogP contribution in [0.3, 0.4) is 0 Å². The highest BCUT2D eigenvalue weighted by molar-refractivity contribution is 5.02. The first kappa shape index (κ1) is 9.79. The van der Waals surface area contributed by atoms with Gasteiger partial charge in [0, 0.05) is 12.1 Å². The third-order valence-corrected chi connectivity index (χ3v) is 1.44. The fourth-order valence-electron chi connectivity index (χ4n) is 0.821. The van der Waals surface area contributed by atoms with E-state index in [-0.39, 0.29) is 4.73 Å². The molecule has 0 bridgehead atoms. The average molecular weight is 193 g/mol. The molecule has 0 spiro atoms. The van der Waals surface area contributed by atoms with Crippen molar-refractivity contribution in [2.45, 2.75) is 12.3 Å². The molecule has 1 aromatic heterocycles. The van der Waals surface area contributed by atoms with Gasteiger partial charge in [-0.2, -0.15) is 17.9 Å². The van der Waals surface area contributed by atoms with Gasteiger partial charge in [-0.25, -0.2) is 0 Å². The summed E-state index contributed by atoms with van der Waals surface area (Å²) in [5.41, 5.74) is -0.727. The van der Waals surface area contributed by atoms with Crippen molar-refractivity contribution in [3.05, 3.63) is 35.3 Å². The number of rotatable bonds is 1. The van der Waals surface area contributed by atoms with Crippen molar-refractivity contribution in [1.29, 1.82) is 0 Å². The fraction of sp³-hybridized carbons (Fsp3) is 0.286. The Morgan fingerprint density at radius 3 is 2.46 bits per heavy atom. The zero-order valence-corrected chi connectivity index (χ0v) is 6.32. The lowest BCUT2D eigenvalue weighted by molar-refractivity contribution is -0.621. The summed E-state index contributed by atoms with van der Waals surface area (Å²) >= 11 is 0. The number of alkyl halides is 3. The molecule has 3 nitrogen and oxygen atoms in total. The molecule has 0 saturated heterocycles. The maximum absolute atomic E-state index is 11.9. The Bertz CT molecular complexity index is 300. The molecule has 72 valence electrons. The van der Waals surface area contributed by atoms with Crippen LogP contribution in [0.4, 0.5) is 13.2 Å². The normalized spacial score (nSPS) is 14.2. The predicted molar refractivity (Wildman–Crippen MR) is 36.4 cm³/mol. The van der Waals surface area contributed by atoms with Crippen LogP contribution in [0.2, 0.25) is 0 Å². The van der Waals surface area contributed by atoms with Crippen molar-refractivity contribution in [3.63, 3.8) is 0 Å². The number of nitrogens with zero attached hydrogens (tertiary/aromatic N) is 1. The standard InChI is InChI=1S/C7H6F3NO2/c8-7(9,10)6(12)5-3-1-2-4-11(5)13/h1-4,6,12H. The quantitative estimate of drug-likeness (QED) is 0.532. The summed E-state index contributed by atoms with van der Waals surface area (Å²) in [7, 11) is 0. The third kappa shape index (κ3) is 2.09. The van der Waals surface area contributed by atoms with Gasteiger partial charge in [0.1, 0.15) is 0 Å². The van der Waals surface area contributed by atoms with Crippen LogP contribution in [-0.4, -0.2) is 11.3 Å². The van der Waals surface area contributed by atoms with Gasteiger partial charge in [-0.3, -0.25) is 0 Å². The van der Waals surface area contributed by atoms with Gasteiger partial charge in [0.15, 0.2) is 6.20 Å². The van der Waals surface area contributed by atoms with Crippen LogP contribution in [0.1, 0.15) is 11.8 Å². The number of pyridine rings is 1. The molecule has 0 radical (unpaired) electrons. The minimum atomic E-state index is -4.81. The molecular weight excluding hydrogens is 187 g/mol. The molecule has 1 heterocycles. The van der Waals surface area contributed by atoms with E-state index >= 15 is 0 Å². The lowest BCUT2D eigenvalue weighted by atomic mass is 10.2.